The molecule has 3 rings (SSSR count). The summed E-state index contributed by atoms with van der Waals surface area (Å²) >= 11 is 1.93. The van der Waals surface area contributed by atoms with Crippen molar-refractivity contribution >= 4 is 28.4 Å². The lowest BCUT2D eigenvalue weighted by Gasteiger charge is -2.45. The number of hydrogen-bond donors (Lipinski definition) is 1. The topological polar surface area (TPSA) is 38.7 Å². The molecule has 0 aliphatic heterocycles. The Labute approximate surface area is 279 Å². The highest BCUT2D eigenvalue weighted by molar-refractivity contribution is 8.00. The Balaban J connectivity index is 1.87. The fourth-order valence-corrected chi connectivity index (χ4v) is 10.9. The first kappa shape index (κ1) is 38.1. The van der Waals surface area contributed by atoms with Crippen LogP contribution >= 0.6 is 11.8 Å². The molecule has 6 heteroatoms. The molecule has 0 amide bonds. The van der Waals surface area contributed by atoms with E-state index in [9.17, 15) is 5.11 Å². The van der Waals surface area contributed by atoms with Crippen LogP contribution in [0.1, 0.15) is 108 Å². The van der Waals surface area contributed by atoms with Crippen LogP contribution in [0.15, 0.2) is 47.1 Å². The van der Waals surface area contributed by atoms with Crippen molar-refractivity contribution in [2.45, 2.75) is 168 Å². The monoisotopic (exact) mass is 660 g/mol. The molecule has 6 atom stereocenters. The minimum absolute atomic E-state index is 0.0134. The van der Waals surface area contributed by atoms with E-state index in [4.69, 9.17) is 8.85 Å². The predicted molar refractivity (Wildman–Crippen MR) is 200 cm³/mol. The molecule has 0 aromatic carbocycles. The number of aliphatic hydroxyl groups is 1. The summed E-state index contributed by atoms with van der Waals surface area (Å²) in [6.45, 7) is 37.2. The summed E-state index contributed by atoms with van der Waals surface area (Å²) in [4.78, 5) is 0. The molecular weight excluding hydrogens is 593 g/mol. The van der Waals surface area contributed by atoms with Crippen molar-refractivity contribution in [3.63, 3.8) is 0 Å². The zero-order valence-electron chi connectivity index (χ0n) is 31.0. The fraction of sp³-hybridized carbons (Fsp3) is 0.789. The molecule has 44 heavy (non-hydrogen) atoms. The first-order valence-corrected chi connectivity index (χ1v) is 24.3. The van der Waals surface area contributed by atoms with Crippen molar-refractivity contribution in [1.82, 2.24) is 0 Å². The number of fused-ring (bicyclic) bond motifs is 1. The molecule has 1 unspecified atom stereocenters. The van der Waals surface area contributed by atoms with Crippen LogP contribution in [0.2, 0.25) is 36.3 Å². The van der Waals surface area contributed by atoms with Crippen LogP contribution in [-0.4, -0.2) is 51.1 Å². The van der Waals surface area contributed by atoms with Gasteiger partial charge in [-0.05, 0) is 104 Å². The SMILES string of the molecule is C=C1/C(=C\C=C2/CCC[C@]3(C)C(C(C)SC[C@@H](O)C(C)C)=CC[C@@H]23)C[C@@H](O[Si](C)(C)C(C)(C)C)C[C@@H]1O[Si](C)(C)C(C)(C)C. The van der Waals surface area contributed by atoms with E-state index in [-0.39, 0.29) is 33.8 Å². The summed E-state index contributed by atoms with van der Waals surface area (Å²) in [6.07, 6.45) is 14.0. The average molecular weight is 661 g/mol. The second kappa shape index (κ2) is 14.0. The third-order valence-electron chi connectivity index (χ3n) is 12.1. The maximum atomic E-state index is 10.4. The van der Waals surface area contributed by atoms with E-state index in [1.165, 1.54) is 30.4 Å². The number of hydrogen-bond acceptors (Lipinski definition) is 4. The first-order chi connectivity index (χ1) is 20.0. The quantitative estimate of drug-likeness (QED) is 0.187. The van der Waals surface area contributed by atoms with Gasteiger partial charge in [0, 0.05) is 17.4 Å². The highest BCUT2D eigenvalue weighted by Crippen LogP contribution is 2.57. The van der Waals surface area contributed by atoms with Crippen molar-refractivity contribution in [2.24, 2.45) is 17.3 Å². The number of thioether (sulfide) groups is 1. The molecule has 1 N–H and O–H groups in total. The lowest BCUT2D eigenvalue weighted by Crippen LogP contribution is -2.49. The summed E-state index contributed by atoms with van der Waals surface area (Å²) in [6, 6.07) is 0. The Hall–Kier alpha value is -0.376. The summed E-state index contributed by atoms with van der Waals surface area (Å²) in [7, 11) is -3.91. The molecule has 252 valence electrons. The summed E-state index contributed by atoms with van der Waals surface area (Å²) < 4.78 is 14.1. The molecule has 3 aliphatic rings. The average Bonchev–Trinajstić information content (AvgIpc) is 3.23. The molecule has 0 saturated heterocycles. The lowest BCUT2D eigenvalue weighted by atomic mass is 9.64. The van der Waals surface area contributed by atoms with Gasteiger partial charge in [0.2, 0.25) is 0 Å². The van der Waals surface area contributed by atoms with Crippen LogP contribution < -0.4 is 0 Å². The summed E-state index contributed by atoms with van der Waals surface area (Å²) in [5.74, 6) is 1.68. The van der Waals surface area contributed by atoms with Crippen LogP contribution in [0.3, 0.4) is 0 Å². The third kappa shape index (κ3) is 8.55. The highest BCUT2D eigenvalue weighted by atomic mass is 32.2. The van der Waals surface area contributed by atoms with Gasteiger partial charge < -0.3 is 14.0 Å². The molecule has 0 aromatic heterocycles. The van der Waals surface area contributed by atoms with Gasteiger partial charge >= 0.3 is 0 Å². The Morgan fingerprint density at radius 3 is 2.18 bits per heavy atom. The molecule has 0 radical (unpaired) electrons. The molecule has 2 saturated carbocycles. The number of rotatable bonds is 10. The van der Waals surface area contributed by atoms with E-state index >= 15 is 0 Å². The van der Waals surface area contributed by atoms with Gasteiger partial charge in [-0.25, -0.2) is 0 Å². The van der Waals surface area contributed by atoms with Gasteiger partial charge in [0.25, 0.3) is 0 Å². The van der Waals surface area contributed by atoms with Gasteiger partial charge in [-0.3, -0.25) is 0 Å². The Morgan fingerprint density at radius 2 is 1.61 bits per heavy atom. The molecular formula is C38H68O3SSi2. The highest BCUT2D eigenvalue weighted by Gasteiger charge is 2.47. The molecule has 0 aromatic rings. The molecule has 0 bridgehead atoms. The van der Waals surface area contributed by atoms with E-state index in [0.29, 0.717) is 17.1 Å². The number of allylic oxidation sites excluding steroid dienone is 4. The van der Waals surface area contributed by atoms with Crippen LogP contribution in [0.5, 0.6) is 0 Å². The van der Waals surface area contributed by atoms with Crippen molar-refractivity contribution in [3.8, 4) is 0 Å². The van der Waals surface area contributed by atoms with Crippen LogP contribution in [0.4, 0.5) is 0 Å². The third-order valence-corrected chi connectivity index (χ3v) is 22.4. The van der Waals surface area contributed by atoms with E-state index in [0.717, 1.165) is 25.0 Å². The van der Waals surface area contributed by atoms with Gasteiger partial charge in [0.1, 0.15) is 0 Å². The van der Waals surface area contributed by atoms with Crippen molar-refractivity contribution in [2.75, 3.05) is 5.75 Å². The van der Waals surface area contributed by atoms with Gasteiger partial charge in [-0.15, -0.1) is 0 Å². The summed E-state index contributed by atoms with van der Waals surface area (Å²) in [5.41, 5.74) is 5.90. The zero-order valence-corrected chi connectivity index (χ0v) is 33.8. The summed E-state index contributed by atoms with van der Waals surface area (Å²) in [5, 5.41) is 11.2. The van der Waals surface area contributed by atoms with E-state index in [2.05, 4.69) is 120 Å². The first-order valence-electron chi connectivity index (χ1n) is 17.4. The molecule has 3 nitrogen and oxygen atoms in total. The Kier molecular flexibility index (Phi) is 12.1. The minimum Gasteiger partial charge on any atom is -0.413 e. The van der Waals surface area contributed by atoms with Gasteiger partial charge in [0.15, 0.2) is 16.6 Å². The van der Waals surface area contributed by atoms with Gasteiger partial charge in [0.05, 0.1) is 18.3 Å². The van der Waals surface area contributed by atoms with Crippen molar-refractivity contribution in [3.05, 3.63) is 47.1 Å². The normalized spacial score (nSPS) is 30.6. The van der Waals surface area contributed by atoms with E-state index in [1.54, 1.807) is 11.1 Å². The molecule has 3 aliphatic carbocycles. The zero-order chi connectivity index (χ0) is 33.5. The maximum absolute atomic E-state index is 10.4. The fourth-order valence-electron chi connectivity index (χ4n) is 6.77. The Bertz CT molecular complexity index is 1120. The van der Waals surface area contributed by atoms with Crippen molar-refractivity contribution in [1.29, 1.82) is 0 Å². The van der Waals surface area contributed by atoms with Gasteiger partial charge in [-0.2, -0.15) is 11.8 Å². The lowest BCUT2D eigenvalue weighted by molar-refractivity contribution is 0.0969. The molecule has 0 heterocycles. The second-order valence-electron chi connectivity index (χ2n) is 17.8. The minimum atomic E-state index is -1.98. The molecule has 0 spiro atoms. The largest absolute Gasteiger partial charge is 0.413 e. The van der Waals surface area contributed by atoms with Crippen molar-refractivity contribution < 1.29 is 14.0 Å². The van der Waals surface area contributed by atoms with Crippen LogP contribution in [-0.2, 0) is 8.85 Å². The van der Waals surface area contributed by atoms with Crippen LogP contribution in [0, 0.1) is 17.3 Å². The standard InChI is InChI=1S/C38H68O3SSi2/c1-26(2)34(39)25-42-28(4)32-20-21-33-29(17-16-22-38(32,33)11)18-19-30-23-31(40-43(12,13)36(5,6)7)24-35(27(30)3)41-44(14,15)37(8,9)10/h18-20,26,28,31,33-35,39H,3,16-17,21-25H2,1-2,4-15H3/b29-18+,30-19-/t28?,31-,33+,34-,35+,38-/m1/s1. The molecule has 2 fully saturated rings. The maximum Gasteiger partial charge on any atom is 0.192 e. The Morgan fingerprint density at radius 1 is 1.02 bits per heavy atom. The number of aliphatic hydroxyl groups excluding tert-OH is 1. The second-order valence-corrected chi connectivity index (χ2v) is 28.7. The smallest absolute Gasteiger partial charge is 0.192 e. The van der Waals surface area contributed by atoms with Gasteiger partial charge in [-0.1, -0.05) is 98.3 Å². The predicted octanol–water partition coefficient (Wildman–Crippen LogP) is 11.2. The van der Waals surface area contributed by atoms with Crippen LogP contribution in [0.25, 0.3) is 0 Å². The van der Waals surface area contributed by atoms with E-state index < -0.39 is 16.6 Å². The van der Waals surface area contributed by atoms with E-state index in [1.807, 2.05) is 11.8 Å².